The molecule has 232 valence electrons. The number of ether oxygens (including phenoxy) is 1. The second-order valence-electron chi connectivity index (χ2n) is 13.3. The van der Waals surface area contributed by atoms with Crippen molar-refractivity contribution in [1.82, 2.24) is 9.97 Å². The van der Waals surface area contributed by atoms with Crippen LogP contribution in [0.4, 0.5) is 0 Å². The summed E-state index contributed by atoms with van der Waals surface area (Å²) in [5.41, 5.74) is 10.6. The molecule has 8 aromatic carbocycles. The van der Waals surface area contributed by atoms with E-state index in [0.29, 0.717) is 5.82 Å². The first-order valence-electron chi connectivity index (χ1n) is 17.1. The van der Waals surface area contributed by atoms with E-state index in [9.17, 15) is 0 Å². The highest BCUT2D eigenvalue weighted by molar-refractivity contribution is 6.00. The summed E-state index contributed by atoms with van der Waals surface area (Å²) in [6.07, 6.45) is 0. The number of para-hydroxylation sites is 1. The van der Waals surface area contributed by atoms with Gasteiger partial charge in [0.2, 0.25) is 0 Å². The molecule has 9 aromatic rings. The van der Waals surface area contributed by atoms with Gasteiger partial charge in [0.1, 0.15) is 11.5 Å². The summed E-state index contributed by atoms with van der Waals surface area (Å²) in [4.78, 5) is 10.4. The summed E-state index contributed by atoms with van der Waals surface area (Å²) < 4.78 is 7.09. The molecule has 1 spiro atoms. The summed E-state index contributed by atoms with van der Waals surface area (Å²) in [5, 5.41) is 5.60. The van der Waals surface area contributed by atoms with E-state index < -0.39 is 5.41 Å². The quantitative estimate of drug-likeness (QED) is 0.189. The van der Waals surface area contributed by atoms with Crippen LogP contribution in [-0.2, 0) is 5.41 Å². The fourth-order valence-electron chi connectivity index (χ4n) is 8.57. The standard InChI is InChI=1S/C47H28N2O/c1-2-14-31(15-3-1)43-36-19-9-11-21-42(36)48-46(49-43)32-24-25-39-37(28-32)35-18-8-10-20-38(35)47(39)40-26-22-29-12-4-6-16-33(29)44(40)50-45-34-17-7-5-13-30(34)23-27-41(45)47/h1-28H. The van der Waals surface area contributed by atoms with Crippen molar-refractivity contribution in [3.8, 4) is 45.3 Å². The zero-order valence-electron chi connectivity index (χ0n) is 27.0. The van der Waals surface area contributed by atoms with Crippen molar-refractivity contribution < 1.29 is 4.74 Å². The summed E-state index contributed by atoms with van der Waals surface area (Å²) in [5.74, 6) is 2.56. The molecule has 3 heteroatoms. The van der Waals surface area contributed by atoms with Crippen molar-refractivity contribution in [3.63, 3.8) is 0 Å². The minimum Gasteiger partial charge on any atom is -0.455 e. The molecule has 50 heavy (non-hydrogen) atoms. The van der Waals surface area contributed by atoms with Gasteiger partial charge in [-0.15, -0.1) is 0 Å². The van der Waals surface area contributed by atoms with E-state index in [4.69, 9.17) is 14.7 Å². The van der Waals surface area contributed by atoms with Crippen LogP contribution in [0.3, 0.4) is 0 Å². The number of benzene rings is 8. The Bertz CT molecular complexity index is 2770. The van der Waals surface area contributed by atoms with Crippen LogP contribution in [0.2, 0.25) is 0 Å². The van der Waals surface area contributed by atoms with Crippen LogP contribution in [0.15, 0.2) is 170 Å². The van der Waals surface area contributed by atoms with Crippen molar-refractivity contribution in [2.75, 3.05) is 0 Å². The van der Waals surface area contributed by atoms with Crippen molar-refractivity contribution >= 4 is 32.4 Å². The maximum absolute atomic E-state index is 7.09. The van der Waals surface area contributed by atoms with E-state index in [0.717, 1.165) is 71.9 Å². The lowest BCUT2D eigenvalue weighted by molar-refractivity contribution is 0.447. The molecule has 0 saturated carbocycles. The van der Waals surface area contributed by atoms with Gasteiger partial charge in [-0.1, -0.05) is 158 Å². The van der Waals surface area contributed by atoms with Crippen molar-refractivity contribution in [2.45, 2.75) is 5.41 Å². The number of fused-ring (bicyclic) bond motifs is 14. The lowest BCUT2D eigenvalue weighted by Gasteiger charge is -2.40. The number of rotatable bonds is 2. The van der Waals surface area contributed by atoms with Crippen molar-refractivity contribution in [3.05, 3.63) is 192 Å². The van der Waals surface area contributed by atoms with Gasteiger partial charge in [0.25, 0.3) is 0 Å². The van der Waals surface area contributed by atoms with Crippen LogP contribution >= 0.6 is 0 Å². The molecule has 0 bridgehead atoms. The third kappa shape index (κ3) is 3.64. The van der Waals surface area contributed by atoms with Gasteiger partial charge < -0.3 is 4.74 Å². The lowest BCUT2D eigenvalue weighted by atomic mass is 9.65. The molecule has 0 radical (unpaired) electrons. The van der Waals surface area contributed by atoms with E-state index >= 15 is 0 Å². The maximum atomic E-state index is 7.09. The van der Waals surface area contributed by atoms with E-state index in [1.165, 1.54) is 22.3 Å². The zero-order valence-corrected chi connectivity index (χ0v) is 27.0. The smallest absolute Gasteiger partial charge is 0.160 e. The largest absolute Gasteiger partial charge is 0.455 e. The van der Waals surface area contributed by atoms with Gasteiger partial charge in [-0.2, -0.15) is 0 Å². The highest BCUT2D eigenvalue weighted by atomic mass is 16.5. The Hall–Kier alpha value is -6.58. The first-order chi connectivity index (χ1) is 24.8. The summed E-state index contributed by atoms with van der Waals surface area (Å²) in [7, 11) is 0. The predicted molar refractivity (Wildman–Crippen MR) is 203 cm³/mol. The molecule has 2 heterocycles. The average Bonchev–Trinajstić information content (AvgIpc) is 3.47. The zero-order chi connectivity index (χ0) is 32.8. The van der Waals surface area contributed by atoms with Gasteiger partial charge in [0.05, 0.1) is 16.6 Å². The highest BCUT2D eigenvalue weighted by Crippen LogP contribution is 2.64. The Morgan fingerprint density at radius 2 is 0.980 bits per heavy atom. The fraction of sp³-hybridized carbons (Fsp3) is 0.0213. The topological polar surface area (TPSA) is 35.0 Å². The third-order valence-electron chi connectivity index (χ3n) is 10.7. The van der Waals surface area contributed by atoms with Gasteiger partial charge in [-0.05, 0) is 45.2 Å². The molecule has 1 aliphatic carbocycles. The van der Waals surface area contributed by atoms with Gasteiger partial charge in [0.15, 0.2) is 5.82 Å². The number of hydrogen-bond acceptors (Lipinski definition) is 3. The Balaban J connectivity index is 1.22. The second-order valence-corrected chi connectivity index (χ2v) is 13.3. The fourth-order valence-corrected chi connectivity index (χ4v) is 8.57. The van der Waals surface area contributed by atoms with Gasteiger partial charge >= 0.3 is 0 Å². The van der Waals surface area contributed by atoms with Crippen molar-refractivity contribution in [2.24, 2.45) is 0 Å². The molecule has 11 rings (SSSR count). The molecule has 1 aromatic heterocycles. The molecule has 0 saturated heterocycles. The van der Waals surface area contributed by atoms with Gasteiger partial charge in [-0.3, -0.25) is 0 Å². The first kappa shape index (κ1) is 27.4. The molecule has 0 fully saturated rings. The lowest BCUT2D eigenvalue weighted by Crippen LogP contribution is -2.32. The SMILES string of the molecule is c1ccc(-c2nc(-c3ccc4c(c3)-c3ccccc3C43c4ccc5ccccc5c4Oc4c3ccc3ccccc43)nc3ccccc23)cc1. The third-order valence-corrected chi connectivity index (χ3v) is 10.7. The van der Waals surface area contributed by atoms with Crippen LogP contribution < -0.4 is 4.74 Å². The van der Waals surface area contributed by atoms with Crippen LogP contribution in [-0.4, -0.2) is 9.97 Å². The normalized spacial score (nSPS) is 13.5. The highest BCUT2D eigenvalue weighted by Gasteiger charge is 2.51. The van der Waals surface area contributed by atoms with Crippen molar-refractivity contribution in [1.29, 1.82) is 0 Å². The molecule has 0 atom stereocenters. The molecular formula is C47H28N2O. The Morgan fingerprint density at radius 1 is 0.400 bits per heavy atom. The molecule has 1 aliphatic heterocycles. The van der Waals surface area contributed by atoms with Crippen LogP contribution in [0.5, 0.6) is 11.5 Å². The molecular weight excluding hydrogens is 609 g/mol. The minimum absolute atomic E-state index is 0.582. The predicted octanol–water partition coefficient (Wildman–Crippen LogP) is 11.7. The van der Waals surface area contributed by atoms with Gasteiger partial charge in [0, 0.05) is 38.4 Å². The van der Waals surface area contributed by atoms with Crippen LogP contribution in [0, 0.1) is 0 Å². The van der Waals surface area contributed by atoms with E-state index in [1.807, 2.05) is 12.1 Å². The number of aromatic nitrogens is 2. The van der Waals surface area contributed by atoms with E-state index in [-0.39, 0.29) is 0 Å². The van der Waals surface area contributed by atoms with Crippen LogP contribution in [0.25, 0.3) is 66.2 Å². The molecule has 0 N–H and O–H groups in total. The number of nitrogens with zero attached hydrogens (tertiary/aromatic N) is 2. The van der Waals surface area contributed by atoms with E-state index in [1.54, 1.807) is 0 Å². The molecule has 0 unspecified atom stereocenters. The van der Waals surface area contributed by atoms with Gasteiger partial charge in [-0.25, -0.2) is 9.97 Å². The minimum atomic E-state index is -0.582. The molecule has 2 aliphatic rings. The first-order valence-corrected chi connectivity index (χ1v) is 17.1. The molecule has 0 amide bonds. The average molecular weight is 637 g/mol. The molecule has 3 nitrogen and oxygen atoms in total. The summed E-state index contributed by atoms with van der Waals surface area (Å²) in [6, 6.07) is 60.6. The Kier molecular flexibility index (Phi) is 5.59. The van der Waals surface area contributed by atoms with E-state index in [2.05, 4.69) is 158 Å². The summed E-state index contributed by atoms with van der Waals surface area (Å²) >= 11 is 0. The Morgan fingerprint density at radius 3 is 1.72 bits per heavy atom. The second kappa shape index (κ2) is 10.2. The number of hydrogen-bond donors (Lipinski definition) is 0. The summed E-state index contributed by atoms with van der Waals surface area (Å²) in [6.45, 7) is 0. The Labute approximate surface area is 289 Å². The maximum Gasteiger partial charge on any atom is 0.160 e. The van der Waals surface area contributed by atoms with Crippen LogP contribution in [0.1, 0.15) is 22.3 Å². The monoisotopic (exact) mass is 636 g/mol.